The van der Waals surface area contributed by atoms with Gasteiger partial charge in [-0.2, -0.15) is 0 Å². The van der Waals surface area contributed by atoms with E-state index < -0.39 is 0 Å². The van der Waals surface area contributed by atoms with Gasteiger partial charge < -0.3 is 19.9 Å². The Balaban J connectivity index is 1.91. The summed E-state index contributed by atoms with van der Waals surface area (Å²) >= 11 is 3.13. The zero-order chi connectivity index (χ0) is 17.3. The van der Waals surface area contributed by atoms with Gasteiger partial charge in [0.25, 0.3) is 0 Å². The highest BCUT2D eigenvalue weighted by atomic mass is 32.2. The van der Waals surface area contributed by atoms with Crippen LogP contribution in [0.3, 0.4) is 0 Å². The molecule has 0 aromatic carbocycles. The molecule has 1 aliphatic heterocycles. The molecule has 0 fully saturated rings. The summed E-state index contributed by atoms with van der Waals surface area (Å²) in [7, 11) is 3.23. The van der Waals surface area contributed by atoms with E-state index in [1.54, 1.807) is 25.6 Å². The van der Waals surface area contributed by atoms with Gasteiger partial charge in [-0.05, 0) is 18.9 Å². The molecule has 8 heteroatoms. The standard InChI is InChI=1S/C16H23N3O3S2/c1-5-16(2)6-9-10(7-22-16)24-14-12(9)13(17)18-15(19-14)23-8-11(20-3)21-4/h11H,5-8H2,1-4H3,(H2,17,18,19). The number of rotatable bonds is 6. The number of hydrogen-bond donors (Lipinski definition) is 1. The lowest BCUT2D eigenvalue weighted by Gasteiger charge is -2.33. The van der Waals surface area contributed by atoms with Crippen LogP contribution in [-0.4, -0.2) is 41.8 Å². The summed E-state index contributed by atoms with van der Waals surface area (Å²) in [5.41, 5.74) is 7.39. The van der Waals surface area contributed by atoms with Crippen molar-refractivity contribution in [1.29, 1.82) is 0 Å². The summed E-state index contributed by atoms with van der Waals surface area (Å²) in [4.78, 5) is 11.3. The number of fused-ring (bicyclic) bond motifs is 3. The number of thioether (sulfide) groups is 1. The van der Waals surface area contributed by atoms with Gasteiger partial charge in [-0.15, -0.1) is 11.3 Å². The fourth-order valence-corrected chi connectivity index (χ4v) is 4.79. The number of nitrogens with zero attached hydrogens (tertiary/aromatic N) is 2. The van der Waals surface area contributed by atoms with Crippen molar-refractivity contribution in [3.05, 3.63) is 10.4 Å². The maximum Gasteiger partial charge on any atom is 0.191 e. The quantitative estimate of drug-likeness (QED) is 0.476. The van der Waals surface area contributed by atoms with E-state index in [1.807, 2.05) is 0 Å². The predicted molar refractivity (Wildman–Crippen MR) is 97.5 cm³/mol. The number of nitrogens with two attached hydrogens (primary N) is 1. The lowest BCUT2D eigenvalue weighted by atomic mass is 9.90. The highest BCUT2D eigenvalue weighted by Gasteiger charge is 2.33. The molecule has 0 radical (unpaired) electrons. The molecule has 2 N–H and O–H groups in total. The van der Waals surface area contributed by atoms with E-state index in [4.69, 9.17) is 19.9 Å². The Bertz CT molecular complexity index is 733. The van der Waals surface area contributed by atoms with Crippen LogP contribution >= 0.6 is 23.1 Å². The Labute approximate surface area is 150 Å². The third kappa shape index (κ3) is 3.39. The molecule has 0 saturated heterocycles. The third-order valence-electron chi connectivity index (χ3n) is 4.47. The number of hydrogen-bond acceptors (Lipinski definition) is 8. The van der Waals surface area contributed by atoms with E-state index >= 15 is 0 Å². The van der Waals surface area contributed by atoms with Gasteiger partial charge in [-0.3, -0.25) is 0 Å². The molecule has 132 valence electrons. The zero-order valence-electron chi connectivity index (χ0n) is 14.4. The molecule has 0 aliphatic carbocycles. The minimum Gasteiger partial charge on any atom is -0.383 e. The fraction of sp³-hybridized carbons (Fsp3) is 0.625. The van der Waals surface area contributed by atoms with Crippen molar-refractivity contribution in [1.82, 2.24) is 9.97 Å². The smallest absolute Gasteiger partial charge is 0.191 e. The second kappa shape index (κ2) is 7.13. The molecular formula is C16H23N3O3S2. The monoisotopic (exact) mass is 369 g/mol. The highest BCUT2D eigenvalue weighted by Crippen LogP contribution is 2.41. The van der Waals surface area contributed by atoms with Crippen molar-refractivity contribution in [3.8, 4) is 0 Å². The number of ether oxygens (including phenoxy) is 3. The number of methoxy groups -OCH3 is 2. The van der Waals surface area contributed by atoms with E-state index in [9.17, 15) is 0 Å². The third-order valence-corrected chi connectivity index (χ3v) is 6.45. The number of aromatic nitrogens is 2. The molecule has 0 amide bonds. The predicted octanol–water partition coefficient (Wildman–Crippen LogP) is 3.23. The molecular weight excluding hydrogens is 346 g/mol. The number of nitrogen functional groups attached to an aromatic ring is 1. The summed E-state index contributed by atoms with van der Waals surface area (Å²) in [5, 5.41) is 1.65. The molecule has 2 aromatic heterocycles. The van der Waals surface area contributed by atoms with E-state index in [0.29, 0.717) is 23.3 Å². The highest BCUT2D eigenvalue weighted by molar-refractivity contribution is 7.99. The van der Waals surface area contributed by atoms with Crippen molar-refractivity contribution in [3.63, 3.8) is 0 Å². The van der Waals surface area contributed by atoms with Crippen LogP contribution in [-0.2, 0) is 27.2 Å². The van der Waals surface area contributed by atoms with Crippen LogP contribution in [0.25, 0.3) is 10.2 Å². The second-order valence-electron chi connectivity index (χ2n) is 6.06. The van der Waals surface area contributed by atoms with E-state index in [-0.39, 0.29) is 11.9 Å². The zero-order valence-corrected chi connectivity index (χ0v) is 16.1. The Hall–Kier alpha value is -0.930. The normalized spacial score (nSPS) is 20.7. The van der Waals surface area contributed by atoms with Gasteiger partial charge in [0, 0.05) is 25.5 Å². The van der Waals surface area contributed by atoms with Crippen LogP contribution < -0.4 is 5.73 Å². The molecule has 1 aliphatic rings. The van der Waals surface area contributed by atoms with Crippen molar-refractivity contribution in [2.45, 2.75) is 50.3 Å². The number of thiophene rings is 1. The summed E-state index contributed by atoms with van der Waals surface area (Å²) < 4.78 is 16.4. The van der Waals surface area contributed by atoms with Crippen LogP contribution in [0.2, 0.25) is 0 Å². The fourth-order valence-electron chi connectivity index (χ4n) is 2.75. The summed E-state index contributed by atoms with van der Waals surface area (Å²) in [6.45, 7) is 4.92. The minimum absolute atomic E-state index is 0.134. The first kappa shape index (κ1) is 17.9. The lowest BCUT2D eigenvalue weighted by molar-refractivity contribution is -0.0842. The molecule has 2 aromatic rings. The van der Waals surface area contributed by atoms with Crippen molar-refractivity contribution in [2.75, 3.05) is 25.7 Å². The van der Waals surface area contributed by atoms with E-state index in [1.165, 1.54) is 22.2 Å². The van der Waals surface area contributed by atoms with Gasteiger partial charge in [0.2, 0.25) is 0 Å². The van der Waals surface area contributed by atoms with Gasteiger partial charge in [0.1, 0.15) is 10.6 Å². The average Bonchev–Trinajstić information content (AvgIpc) is 2.93. The first-order valence-corrected chi connectivity index (χ1v) is 9.70. The van der Waals surface area contributed by atoms with Crippen LogP contribution in [0.4, 0.5) is 5.82 Å². The summed E-state index contributed by atoms with van der Waals surface area (Å²) in [6.07, 6.45) is 1.54. The molecule has 1 atom stereocenters. The molecule has 3 heterocycles. The molecule has 0 saturated carbocycles. The van der Waals surface area contributed by atoms with Gasteiger partial charge in [0.05, 0.1) is 23.3 Å². The van der Waals surface area contributed by atoms with Crippen LogP contribution in [0.1, 0.15) is 30.7 Å². The lowest BCUT2D eigenvalue weighted by Crippen LogP contribution is -2.33. The van der Waals surface area contributed by atoms with Crippen LogP contribution in [0.15, 0.2) is 5.16 Å². The Morgan fingerprint density at radius 3 is 2.79 bits per heavy atom. The minimum atomic E-state index is -0.286. The molecule has 0 spiro atoms. The Morgan fingerprint density at radius 1 is 1.38 bits per heavy atom. The largest absolute Gasteiger partial charge is 0.383 e. The Morgan fingerprint density at radius 2 is 2.12 bits per heavy atom. The van der Waals surface area contributed by atoms with E-state index in [0.717, 1.165) is 23.1 Å². The molecule has 1 unspecified atom stereocenters. The van der Waals surface area contributed by atoms with Crippen LogP contribution in [0.5, 0.6) is 0 Å². The molecule has 0 bridgehead atoms. The van der Waals surface area contributed by atoms with Gasteiger partial charge in [0.15, 0.2) is 11.4 Å². The average molecular weight is 370 g/mol. The first-order chi connectivity index (χ1) is 11.5. The van der Waals surface area contributed by atoms with Crippen molar-refractivity contribution >= 4 is 39.1 Å². The molecule has 6 nitrogen and oxygen atoms in total. The summed E-state index contributed by atoms with van der Waals surface area (Å²) in [6, 6.07) is 0. The van der Waals surface area contributed by atoms with Crippen molar-refractivity contribution < 1.29 is 14.2 Å². The Kier molecular flexibility index (Phi) is 5.31. The maximum atomic E-state index is 6.27. The maximum absolute atomic E-state index is 6.27. The molecule has 3 rings (SSSR count). The SMILES string of the molecule is CCC1(C)Cc2c(sc3nc(SCC(OC)OC)nc(N)c23)CO1. The van der Waals surface area contributed by atoms with Crippen LogP contribution in [0, 0.1) is 0 Å². The first-order valence-electron chi connectivity index (χ1n) is 7.89. The molecule has 24 heavy (non-hydrogen) atoms. The second-order valence-corrected chi connectivity index (χ2v) is 8.13. The van der Waals surface area contributed by atoms with Crippen molar-refractivity contribution in [2.24, 2.45) is 0 Å². The number of anilines is 1. The van der Waals surface area contributed by atoms with Gasteiger partial charge in [-0.1, -0.05) is 18.7 Å². The van der Waals surface area contributed by atoms with Gasteiger partial charge in [-0.25, -0.2) is 9.97 Å². The summed E-state index contributed by atoms with van der Waals surface area (Å²) in [5.74, 6) is 1.16. The topological polar surface area (TPSA) is 79.5 Å². The van der Waals surface area contributed by atoms with Gasteiger partial charge >= 0.3 is 0 Å². The van der Waals surface area contributed by atoms with E-state index in [2.05, 4.69) is 23.8 Å².